The molecule has 0 spiro atoms. The van der Waals surface area contributed by atoms with Gasteiger partial charge in [-0.2, -0.15) is 0 Å². The van der Waals surface area contributed by atoms with E-state index in [2.05, 4.69) is 55.9 Å². The molecule has 7 unspecified atom stereocenters. The number of ether oxygens (including phenoxy) is 3. The van der Waals surface area contributed by atoms with Gasteiger partial charge in [-0.1, -0.05) is 90.9 Å². The van der Waals surface area contributed by atoms with Crippen LogP contribution in [0.3, 0.4) is 0 Å². The molecule has 3 saturated carbocycles. The molecule has 0 heterocycles. The summed E-state index contributed by atoms with van der Waals surface area (Å²) in [6.07, 6.45) is 25.2. The fourth-order valence-electron chi connectivity index (χ4n) is 11.7. The molecule has 0 aromatic rings. The smallest absolute Gasteiger partial charge is 0.407 e. The molecule has 2 N–H and O–H groups in total. The number of hydrogen-bond acceptors (Lipinski definition) is 7. The first-order chi connectivity index (χ1) is 28.7. The molecule has 0 aromatic carbocycles. The second-order valence-electron chi connectivity index (χ2n) is 22.5. The summed E-state index contributed by atoms with van der Waals surface area (Å²) in [5, 5.41) is 5.72. The Morgan fingerprint density at radius 2 is 1.39 bits per heavy atom. The van der Waals surface area contributed by atoms with Crippen molar-refractivity contribution in [2.45, 2.75) is 221 Å². The van der Waals surface area contributed by atoms with E-state index in [1.165, 1.54) is 57.8 Å². The van der Waals surface area contributed by atoms with Gasteiger partial charge in [0.15, 0.2) is 0 Å². The Labute approximate surface area is 373 Å². The molecule has 4 aliphatic carbocycles. The van der Waals surface area contributed by atoms with E-state index in [0.29, 0.717) is 31.3 Å². The summed E-state index contributed by atoms with van der Waals surface area (Å²) in [6.45, 7) is 28.3. The van der Waals surface area contributed by atoms with Gasteiger partial charge in [0.2, 0.25) is 0 Å². The molecule has 0 aromatic heterocycles. The molecule has 61 heavy (non-hydrogen) atoms. The highest BCUT2D eigenvalue weighted by Crippen LogP contribution is 2.67. The monoisotopic (exact) mass is 854 g/mol. The molecule has 9 nitrogen and oxygen atoms in total. The summed E-state index contributed by atoms with van der Waals surface area (Å²) in [4.78, 5) is 39.8. The van der Waals surface area contributed by atoms with Gasteiger partial charge in [-0.3, -0.25) is 4.79 Å². The van der Waals surface area contributed by atoms with Crippen molar-refractivity contribution in [3.63, 3.8) is 0 Å². The van der Waals surface area contributed by atoms with Crippen molar-refractivity contribution in [1.82, 2.24) is 15.5 Å². The van der Waals surface area contributed by atoms with Gasteiger partial charge in [-0.25, -0.2) is 9.59 Å². The molecule has 0 saturated heterocycles. The predicted molar refractivity (Wildman–Crippen MR) is 249 cm³/mol. The third-order valence-corrected chi connectivity index (χ3v) is 15.0. The number of alkyl carbamates (subject to hydrolysis) is 2. The first-order valence-corrected chi connectivity index (χ1v) is 25.0. The molecule has 4 rings (SSSR count). The van der Waals surface area contributed by atoms with Gasteiger partial charge in [0.25, 0.3) is 0 Å². The van der Waals surface area contributed by atoms with E-state index in [9.17, 15) is 14.4 Å². The molecule has 0 aliphatic heterocycles. The van der Waals surface area contributed by atoms with Gasteiger partial charge in [0.05, 0.1) is 6.42 Å². The number of nitrogens with one attached hydrogen (secondary N) is 2. The topological polar surface area (TPSA) is 106 Å². The Bertz CT molecular complexity index is 1440. The van der Waals surface area contributed by atoms with E-state index in [0.717, 1.165) is 113 Å². The zero-order valence-electron chi connectivity index (χ0n) is 40.8. The normalized spacial score (nSPS) is 27.3. The number of fused-ring (bicyclic) bond motifs is 5. The van der Waals surface area contributed by atoms with Crippen LogP contribution in [-0.2, 0) is 19.0 Å². The predicted octanol–water partition coefficient (Wildman–Crippen LogP) is 13.1. The molecular formula is C52H91N3O6. The number of amides is 2. The molecule has 3 fully saturated rings. The van der Waals surface area contributed by atoms with Gasteiger partial charge in [-0.05, 0) is 159 Å². The number of unbranched alkanes of at least 4 members (excludes halogenated alkanes) is 6. The summed E-state index contributed by atoms with van der Waals surface area (Å²) in [5.74, 6) is 4.06. The Morgan fingerprint density at radius 3 is 2.05 bits per heavy atom. The first kappa shape index (κ1) is 50.9. The van der Waals surface area contributed by atoms with E-state index in [1.54, 1.807) is 5.57 Å². The van der Waals surface area contributed by atoms with Crippen LogP contribution < -0.4 is 10.6 Å². The summed E-state index contributed by atoms with van der Waals surface area (Å²) < 4.78 is 17.0. The minimum atomic E-state index is -0.537. The SMILES string of the molecule is C=C(CCC(=O)OC1CCC2(C)C(=CCC3C2CCC2(C)C(CCCCC(C)C)CCC32)C1)N(CCCCCCCCNC(=O)OC(C)(C)C)CCCNC(=O)OC(C)(C)C. The maximum atomic E-state index is 13.4. The van der Waals surface area contributed by atoms with Crippen LogP contribution in [0, 0.1) is 40.4 Å². The number of esters is 1. The minimum Gasteiger partial charge on any atom is -0.462 e. The fourth-order valence-corrected chi connectivity index (χ4v) is 11.7. The highest BCUT2D eigenvalue weighted by molar-refractivity contribution is 5.70. The average molecular weight is 854 g/mol. The molecule has 350 valence electrons. The zero-order valence-corrected chi connectivity index (χ0v) is 40.8. The first-order valence-electron chi connectivity index (χ1n) is 25.0. The van der Waals surface area contributed by atoms with E-state index in [1.807, 2.05) is 41.5 Å². The Balaban J connectivity index is 1.21. The van der Waals surface area contributed by atoms with Crippen molar-refractivity contribution in [2.24, 2.45) is 40.4 Å². The second-order valence-corrected chi connectivity index (χ2v) is 22.5. The van der Waals surface area contributed by atoms with Crippen LogP contribution in [0.15, 0.2) is 23.9 Å². The molecule has 9 heteroatoms. The quantitative estimate of drug-likeness (QED) is 0.0456. The third-order valence-electron chi connectivity index (χ3n) is 15.0. The van der Waals surface area contributed by atoms with Crippen LogP contribution in [0.5, 0.6) is 0 Å². The van der Waals surface area contributed by atoms with Crippen molar-refractivity contribution >= 4 is 18.2 Å². The second kappa shape index (κ2) is 23.3. The molecular weight excluding hydrogens is 763 g/mol. The van der Waals surface area contributed by atoms with Crippen molar-refractivity contribution in [1.29, 1.82) is 0 Å². The maximum absolute atomic E-state index is 13.4. The lowest BCUT2D eigenvalue weighted by molar-refractivity contribution is -0.151. The van der Waals surface area contributed by atoms with Crippen molar-refractivity contribution in [3.8, 4) is 0 Å². The van der Waals surface area contributed by atoms with Crippen LogP contribution in [0.2, 0.25) is 0 Å². The van der Waals surface area contributed by atoms with Crippen LogP contribution in [-0.4, -0.2) is 66.5 Å². The van der Waals surface area contributed by atoms with Crippen LogP contribution in [0.1, 0.15) is 204 Å². The molecule has 2 amide bonds. The van der Waals surface area contributed by atoms with Crippen LogP contribution in [0.25, 0.3) is 0 Å². The largest absolute Gasteiger partial charge is 0.462 e. The highest BCUT2D eigenvalue weighted by atomic mass is 16.6. The zero-order chi connectivity index (χ0) is 44.8. The molecule has 0 radical (unpaired) electrons. The van der Waals surface area contributed by atoms with E-state index in [-0.39, 0.29) is 23.6 Å². The number of hydrogen-bond donors (Lipinski definition) is 2. The maximum Gasteiger partial charge on any atom is 0.407 e. The summed E-state index contributed by atoms with van der Waals surface area (Å²) in [7, 11) is 0. The van der Waals surface area contributed by atoms with Crippen molar-refractivity contribution in [2.75, 3.05) is 26.2 Å². The van der Waals surface area contributed by atoms with Crippen LogP contribution >= 0.6 is 0 Å². The van der Waals surface area contributed by atoms with Crippen molar-refractivity contribution in [3.05, 3.63) is 23.9 Å². The van der Waals surface area contributed by atoms with E-state index < -0.39 is 17.3 Å². The fraction of sp³-hybridized carbons (Fsp3) is 0.865. The summed E-state index contributed by atoms with van der Waals surface area (Å²) in [5.41, 5.74) is 2.27. The lowest BCUT2D eigenvalue weighted by atomic mass is 9.47. The molecule has 4 aliphatic rings. The van der Waals surface area contributed by atoms with Gasteiger partial charge in [-0.15, -0.1) is 0 Å². The summed E-state index contributed by atoms with van der Waals surface area (Å²) in [6, 6.07) is 0. The third kappa shape index (κ3) is 16.1. The minimum absolute atomic E-state index is 0.0321. The Hall–Kier alpha value is -2.71. The van der Waals surface area contributed by atoms with Gasteiger partial charge >= 0.3 is 18.2 Å². The lowest BCUT2D eigenvalue weighted by Crippen LogP contribution is -2.50. The number of rotatable bonds is 23. The molecule has 7 atom stereocenters. The van der Waals surface area contributed by atoms with Gasteiger partial charge < -0.3 is 29.7 Å². The van der Waals surface area contributed by atoms with Gasteiger partial charge in [0.1, 0.15) is 17.3 Å². The van der Waals surface area contributed by atoms with Crippen LogP contribution in [0.4, 0.5) is 9.59 Å². The van der Waals surface area contributed by atoms with Crippen molar-refractivity contribution < 1.29 is 28.6 Å². The number of carbonyl (C=O) groups is 3. The Morgan fingerprint density at radius 1 is 0.770 bits per heavy atom. The van der Waals surface area contributed by atoms with E-state index >= 15 is 0 Å². The molecule has 0 bridgehead atoms. The lowest BCUT2D eigenvalue weighted by Gasteiger charge is -2.58. The highest BCUT2D eigenvalue weighted by Gasteiger charge is 2.58. The standard InChI is InChI=1S/C52H91N3O6/c1-38(2)21-16-17-22-40-25-27-44-43-26-24-41-37-42(29-31-52(41,11)45(43)30-32-51(40,44)10)59-46(56)28-23-39(3)55(36-20-34-54-48(58)61-50(7,8)9)35-19-15-13-12-14-18-33-53-47(57)60-49(4,5)6/h24,38,40,42-45H,3,12-23,25-37H2,1-2,4-11H3,(H,53,57)(H,54,58). The Kier molecular flexibility index (Phi) is 19.4. The summed E-state index contributed by atoms with van der Waals surface area (Å²) >= 11 is 0. The number of nitrogens with zero attached hydrogens (tertiary/aromatic N) is 1. The number of allylic oxidation sites excluding steroid dienone is 2. The average Bonchev–Trinajstić information content (AvgIpc) is 3.50. The van der Waals surface area contributed by atoms with E-state index in [4.69, 9.17) is 14.2 Å². The van der Waals surface area contributed by atoms with Gasteiger partial charge in [0, 0.05) is 38.3 Å². The number of carbonyl (C=O) groups excluding carboxylic acids is 3.